The molecule has 2 aromatic carbocycles. The third-order valence-corrected chi connectivity index (χ3v) is 5.11. The van der Waals surface area contributed by atoms with Crippen LogP contribution >= 0.6 is 12.0 Å². The second kappa shape index (κ2) is 9.84. The van der Waals surface area contributed by atoms with Gasteiger partial charge in [0.15, 0.2) is 0 Å². The van der Waals surface area contributed by atoms with Gasteiger partial charge < -0.3 is 19.6 Å². The van der Waals surface area contributed by atoms with E-state index in [0.29, 0.717) is 39.9 Å². The smallest absolute Gasteiger partial charge is 0.257 e. The van der Waals surface area contributed by atoms with E-state index in [1.807, 2.05) is 25.1 Å². The normalized spacial score (nSPS) is 11.0. The van der Waals surface area contributed by atoms with Gasteiger partial charge in [0.05, 0.1) is 36.8 Å². The molecule has 0 radical (unpaired) electrons. The average Bonchev–Trinajstić information content (AvgIpc) is 3.19. The van der Waals surface area contributed by atoms with Crippen LogP contribution in [0.4, 0.5) is 5.82 Å². The zero-order valence-corrected chi connectivity index (χ0v) is 18.1. The summed E-state index contributed by atoms with van der Waals surface area (Å²) in [5.74, 6) is 1.73. The first-order chi connectivity index (χ1) is 15.6. The van der Waals surface area contributed by atoms with Crippen molar-refractivity contribution in [2.75, 3.05) is 12.4 Å². The maximum atomic E-state index is 12.9. The molecule has 0 spiro atoms. The Kier molecular flexibility index (Phi) is 6.72. The number of benzene rings is 2. The number of carbonyl (C=O) groups excluding carboxylic acids is 1. The van der Waals surface area contributed by atoms with Crippen molar-refractivity contribution >= 4 is 34.7 Å². The molecule has 0 aliphatic rings. The maximum absolute atomic E-state index is 12.9. The highest BCUT2D eigenvalue weighted by molar-refractivity contribution is 7.94. The number of nitrogens with zero attached hydrogens (tertiary/aromatic N) is 1. The first-order valence-electron chi connectivity index (χ1n) is 9.63. The van der Waals surface area contributed by atoms with Crippen molar-refractivity contribution in [3.05, 3.63) is 77.7 Å². The number of pyridine rings is 1. The summed E-state index contributed by atoms with van der Waals surface area (Å²) in [6.45, 7) is 1.61. The number of hydrogen-bond donors (Lipinski definition) is 2. The lowest BCUT2D eigenvalue weighted by Gasteiger charge is -2.10. The van der Waals surface area contributed by atoms with Crippen LogP contribution in [0.15, 0.2) is 70.0 Å². The van der Waals surface area contributed by atoms with Gasteiger partial charge in [-0.25, -0.2) is 9.87 Å². The van der Waals surface area contributed by atoms with Gasteiger partial charge in [-0.1, -0.05) is 6.07 Å². The van der Waals surface area contributed by atoms with Crippen LogP contribution in [0.5, 0.6) is 11.5 Å². The van der Waals surface area contributed by atoms with Gasteiger partial charge in [0, 0.05) is 10.5 Å². The summed E-state index contributed by atoms with van der Waals surface area (Å²) < 4.78 is 16.7. The van der Waals surface area contributed by atoms with E-state index in [-0.39, 0.29) is 12.5 Å². The van der Waals surface area contributed by atoms with Gasteiger partial charge >= 0.3 is 0 Å². The second-order valence-electron chi connectivity index (χ2n) is 6.76. The first kappa shape index (κ1) is 21.8. The van der Waals surface area contributed by atoms with Crippen molar-refractivity contribution in [1.29, 1.82) is 0 Å². The molecule has 4 rings (SSSR count). The molecule has 0 aliphatic heterocycles. The van der Waals surface area contributed by atoms with E-state index in [1.54, 1.807) is 42.5 Å². The Labute approximate surface area is 188 Å². The molecule has 32 heavy (non-hydrogen) atoms. The predicted octanol–water partition coefficient (Wildman–Crippen LogP) is 5.26. The average molecular weight is 452 g/mol. The van der Waals surface area contributed by atoms with Crippen LogP contribution in [0.3, 0.4) is 0 Å². The van der Waals surface area contributed by atoms with E-state index < -0.39 is 0 Å². The number of hydrogen-bond acceptors (Lipinski definition) is 8. The summed E-state index contributed by atoms with van der Waals surface area (Å²) in [6.07, 6.45) is 0. The molecule has 0 unspecified atom stereocenters. The number of ether oxygens (including phenoxy) is 1. The highest BCUT2D eigenvalue weighted by Crippen LogP contribution is 2.34. The van der Waals surface area contributed by atoms with Crippen molar-refractivity contribution in [3.63, 3.8) is 0 Å². The molecule has 9 heteroatoms. The molecule has 2 N–H and O–H groups in total. The van der Waals surface area contributed by atoms with Gasteiger partial charge in [-0.05, 0) is 61.5 Å². The lowest BCUT2D eigenvalue weighted by atomic mass is 10.1. The minimum Gasteiger partial charge on any atom is -0.461 e. The van der Waals surface area contributed by atoms with E-state index in [2.05, 4.69) is 15.2 Å². The molecule has 0 atom stereocenters. The molecule has 8 nitrogen and oxygen atoms in total. The molecular formula is C23H20N2O6S. The fourth-order valence-corrected chi connectivity index (χ4v) is 3.43. The number of carbonyl (C=O) groups is 1. The molecule has 0 saturated carbocycles. The van der Waals surface area contributed by atoms with E-state index in [0.717, 1.165) is 22.3 Å². The minimum atomic E-state index is -0.378. The van der Waals surface area contributed by atoms with Crippen LogP contribution < -0.4 is 10.1 Å². The van der Waals surface area contributed by atoms with Crippen molar-refractivity contribution in [1.82, 2.24) is 4.98 Å². The molecule has 2 aromatic heterocycles. The van der Waals surface area contributed by atoms with Gasteiger partial charge in [-0.3, -0.25) is 4.79 Å². The molecule has 4 aromatic rings. The number of nitrogens with one attached hydrogen (secondary N) is 1. The van der Waals surface area contributed by atoms with Crippen LogP contribution in [0.1, 0.15) is 21.8 Å². The zero-order chi connectivity index (χ0) is 22.5. The second-order valence-corrected chi connectivity index (χ2v) is 7.54. The third-order valence-electron chi connectivity index (χ3n) is 4.45. The van der Waals surface area contributed by atoms with Gasteiger partial charge in [0.25, 0.3) is 5.91 Å². The number of rotatable bonds is 8. The first-order valence-corrected chi connectivity index (χ1v) is 10.4. The Morgan fingerprint density at radius 1 is 1.16 bits per heavy atom. The number of anilines is 1. The van der Waals surface area contributed by atoms with E-state index in [9.17, 15) is 9.90 Å². The summed E-state index contributed by atoms with van der Waals surface area (Å²) >= 11 is 1.08. The Balaban J connectivity index is 1.61. The van der Waals surface area contributed by atoms with Gasteiger partial charge in [-0.2, -0.15) is 4.33 Å². The topological polar surface area (TPSA) is 103 Å². The van der Waals surface area contributed by atoms with Crippen LogP contribution in [-0.4, -0.2) is 23.1 Å². The number of aryl methyl sites for hydroxylation is 1. The van der Waals surface area contributed by atoms with Gasteiger partial charge in [-0.15, -0.1) is 0 Å². The Morgan fingerprint density at radius 3 is 2.72 bits per heavy atom. The van der Waals surface area contributed by atoms with Crippen LogP contribution in [-0.2, 0) is 15.8 Å². The molecular weight excluding hydrogens is 432 g/mol. The molecule has 0 aliphatic carbocycles. The number of furan rings is 1. The predicted molar refractivity (Wildman–Crippen MR) is 120 cm³/mol. The molecule has 0 fully saturated rings. The van der Waals surface area contributed by atoms with Crippen molar-refractivity contribution in [2.45, 2.75) is 18.4 Å². The SMILES string of the molecule is COOSc1ccc(Oc2cc(C(=O)Nc3cccc(CO)n3)cc3oc(C)cc23)cc1. The molecule has 2 heterocycles. The Hall–Kier alpha value is -3.37. The summed E-state index contributed by atoms with van der Waals surface area (Å²) in [4.78, 5) is 22.5. The Morgan fingerprint density at radius 2 is 1.97 bits per heavy atom. The third kappa shape index (κ3) is 5.09. The highest BCUT2D eigenvalue weighted by atomic mass is 32.2. The van der Waals surface area contributed by atoms with Gasteiger partial charge in [0.1, 0.15) is 28.7 Å². The summed E-state index contributed by atoms with van der Waals surface area (Å²) in [6, 6.07) is 17.4. The quantitative estimate of drug-likeness (QED) is 0.212. The van der Waals surface area contributed by atoms with Crippen LogP contribution in [0, 0.1) is 6.92 Å². The van der Waals surface area contributed by atoms with Crippen LogP contribution in [0.25, 0.3) is 11.0 Å². The number of aliphatic hydroxyl groups is 1. The fraction of sp³-hybridized carbons (Fsp3) is 0.130. The fourth-order valence-electron chi connectivity index (χ4n) is 3.04. The number of fused-ring (bicyclic) bond motifs is 1. The molecule has 0 bridgehead atoms. The lowest BCUT2D eigenvalue weighted by Crippen LogP contribution is -2.13. The number of aromatic nitrogens is 1. The Bertz CT molecular complexity index is 1240. The molecule has 0 saturated heterocycles. The number of amides is 1. The number of aliphatic hydroxyl groups excluding tert-OH is 1. The van der Waals surface area contributed by atoms with Crippen molar-refractivity contribution in [3.8, 4) is 11.5 Å². The molecule has 1 amide bonds. The van der Waals surface area contributed by atoms with E-state index in [1.165, 1.54) is 7.11 Å². The van der Waals surface area contributed by atoms with Crippen molar-refractivity contribution in [2.24, 2.45) is 0 Å². The van der Waals surface area contributed by atoms with Crippen LogP contribution in [0.2, 0.25) is 0 Å². The van der Waals surface area contributed by atoms with E-state index >= 15 is 0 Å². The zero-order valence-electron chi connectivity index (χ0n) is 17.3. The summed E-state index contributed by atoms with van der Waals surface area (Å²) in [5, 5.41) is 12.7. The van der Waals surface area contributed by atoms with Crippen molar-refractivity contribution < 1.29 is 28.3 Å². The molecule has 164 valence electrons. The minimum absolute atomic E-state index is 0.214. The lowest BCUT2D eigenvalue weighted by molar-refractivity contribution is -0.160. The summed E-state index contributed by atoms with van der Waals surface area (Å²) in [5.41, 5.74) is 1.34. The largest absolute Gasteiger partial charge is 0.461 e. The van der Waals surface area contributed by atoms with E-state index in [4.69, 9.17) is 13.5 Å². The standard InChI is InChI=1S/C23H20N2O6S/c1-14-10-19-20(29-14)11-15(23(27)25-22-5-3-4-16(13-26)24-22)12-21(19)30-17-6-8-18(9-7-17)32-31-28-2/h3-12,26H,13H2,1-2H3,(H,24,25,27). The van der Waals surface area contributed by atoms with Gasteiger partial charge in [0.2, 0.25) is 0 Å². The highest BCUT2D eigenvalue weighted by Gasteiger charge is 2.16. The monoisotopic (exact) mass is 452 g/mol. The summed E-state index contributed by atoms with van der Waals surface area (Å²) in [7, 11) is 1.44. The maximum Gasteiger partial charge on any atom is 0.257 e.